The summed E-state index contributed by atoms with van der Waals surface area (Å²) >= 11 is 0. The normalized spacial score (nSPS) is 23.5. The van der Waals surface area contributed by atoms with Gasteiger partial charge in [-0.25, -0.2) is 0 Å². The third-order valence-corrected chi connectivity index (χ3v) is 4.40. The van der Waals surface area contributed by atoms with Crippen LogP contribution in [0.1, 0.15) is 45.4 Å². The first-order valence-electron chi connectivity index (χ1n) is 7.68. The Morgan fingerprint density at radius 3 is 2.62 bits per heavy atom. The Balaban J connectivity index is 1.93. The quantitative estimate of drug-likeness (QED) is 0.592. The standard InChI is InChI=1S/C15H23NO5/c1-2-21-14(20)15(7-8-15)13(19)16-9-3-4-11(10-16)5-6-12(17)18/h11H,2-10H2,1H3,(H,17,18). The minimum absolute atomic E-state index is 0.124. The van der Waals surface area contributed by atoms with E-state index >= 15 is 0 Å². The lowest BCUT2D eigenvalue weighted by atomic mass is 9.92. The molecule has 1 heterocycles. The van der Waals surface area contributed by atoms with Crippen molar-refractivity contribution in [2.24, 2.45) is 11.3 Å². The van der Waals surface area contributed by atoms with Crippen molar-refractivity contribution < 1.29 is 24.2 Å². The van der Waals surface area contributed by atoms with Gasteiger partial charge in [0.2, 0.25) is 5.91 Å². The Kier molecular flexibility index (Phi) is 4.85. The van der Waals surface area contributed by atoms with E-state index in [1.807, 2.05) is 0 Å². The van der Waals surface area contributed by atoms with Gasteiger partial charge in [0.25, 0.3) is 0 Å². The summed E-state index contributed by atoms with van der Waals surface area (Å²) in [5, 5.41) is 8.75. The molecule has 6 heteroatoms. The average Bonchev–Trinajstić information content (AvgIpc) is 3.26. The number of nitrogens with zero attached hydrogens (tertiary/aromatic N) is 1. The number of carbonyl (C=O) groups excluding carboxylic acids is 2. The van der Waals surface area contributed by atoms with Gasteiger partial charge in [0.15, 0.2) is 0 Å². The van der Waals surface area contributed by atoms with E-state index in [9.17, 15) is 14.4 Å². The smallest absolute Gasteiger partial charge is 0.321 e. The van der Waals surface area contributed by atoms with Crippen LogP contribution in [0.4, 0.5) is 0 Å². The molecule has 0 aromatic carbocycles. The molecule has 1 unspecified atom stereocenters. The van der Waals surface area contributed by atoms with Crippen molar-refractivity contribution in [2.45, 2.75) is 45.4 Å². The molecule has 0 aromatic heterocycles. The molecule has 1 saturated heterocycles. The number of hydrogen-bond donors (Lipinski definition) is 1. The second-order valence-corrected chi connectivity index (χ2v) is 5.99. The molecular formula is C15H23NO5. The highest BCUT2D eigenvalue weighted by Crippen LogP contribution is 2.48. The highest BCUT2D eigenvalue weighted by atomic mass is 16.5. The molecule has 6 nitrogen and oxygen atoms in total. The van der Waals surface area contributed by atoms with Gasteiger partial charge in [0.1, 0.15) is 5.41 Å². The largest absolute Gasteiger partial charge is 0.481 e. The van der Waals surface area contributed by atoms with E-state index in [1.165, 1.54) is 0 Å². The fourth-order valence-electron chi connectivity index (χ4n) is 3.01. The summed E-state index contributed by atoms with van der Waals surface area (Å²) in [7, 11) is 0. The van der Waals surface area contributed by atoms with Gasteiger partial charge in [0, 0.05) is 19.5 Å². The molecule has 1 atom stereocenters. The maximum absolute atomic E-state index is 12.6. The number of aliphatic carboxylic acids is 1. The fraction of sp³-hybridized carbons (Fsp3) is 0.800. The molecule has 0 radical (unpaired) electrons. The summed E-state index contributed by atoms with van der Waals surface area (Å²) in [5.41, 5.74) is -0.940. The van der Waals surface area contributed by atoms with E-state index in [0.29, 0.717) is 32.4 Å². The van der Waals surface area contributed by atoms with Crippen molar-refractivity contribution in [3.05, 3.63) is 0 Å². The average molecular weight is 297 g/mol. The number of carboxylic acid groups (broad SMARTS) is 1. The zero-order chi connectivity index (χ0) is 15.5. The maximum atomic E-state index is 12.6. The predicted octanol–water partition coefficient (Wildman–Crippen LogP) is 1.43. The Morgan fingerprint density at radius 2 is 2.05 bits per heavy atom. The van der Waals surface area contributed by atoms with E-state index in [1.54, 1.807) is 11.8 Å². The molecule has 2 fully saturated rings. The number of esters is 1. The van der Waals surface area contributed by atoms with Gasteiger partial charge in [0.05, 0.1) is 6.61 Å². The van der Waals surface area contributed by atoms with Gasteiger partial charge in [-0.3, -0.25) is 14.4 Å². The molecule has 0 aromatic rings. The summed E-state index contributed by atoms with van der Waals surface area (Å²) in [6, 6.07) is 0. The van der Waals surface area contributed by atoms with Gasteiger partial charge in [-0.15, -0.1) is 0 Å². The van der Waals surface area contributed by atoms with Crippen LogP contribution in [-0.4, -0.2) is 47.5 Å². The summed E-state index contributed by atoms with van der Waals surface area (Å²) < 4.78 is 5.02. The summed E-state index contributed by atoms with van der Waals surface area (Å²) in [6.45, 7) is 3.24. The minimum Gasteiger partial charge on any atom is -0.481 e. The van der Waals surface area contributed by atoms with Crippen LogP contribution in [-0.2, 0) is 19.1 Å². The second-order valence-electron chi connectivity index (χ2n) is 5.99. The van der Waals surface area contributed by atoms with Crippen LogP contribution < -0.4 is 0 Å². The van der Waals surface area contributed by atoms with Crippen molar-refractivity contribution in [1.82, 2.24) is 4.90 Å². The first-order valence-corrected chi connectivity index (χ1v) is 7.68. The number of carbonyl (C=O) groups is 3. The van der Waals surface area contributed by atoms with E-state index < -0.39 is 17.4 Å². The molecule has 21 heavy (non-hydrogen) atoms. The molecular weight excluding hydrogens is 274 g/mol. The van der Waals surface area contributed by atoms with Gasteiger partial charge in [-0.1, -0.05) is 0 Å². The fourth-order valence-corrected chi connectivity index (χ4v) is 3.01. The lowest BCUT2D eigenvalue weighted by Gasteiger charge is -2.34. The van der Waals surface area contributed by atoms with Crippen molar-refractivity contribution in [2.75, 3.05) is 19.7 Å². The van der Waals surface area contributed by atoms with E-state index in [2.05, 4.69) is 0 Å². The van der Waals surface area contributed by atoms with Crippen LogP contribution in [0.25, 0.3) is 0 Å². The topological polar surface area (TPSA) is 83.9 Å². The van der Waals surface area contributed by atoms with Crippen molar-refractivity contribution in [3.63, 3.8) is 0 Å². The molecule has 1 aliphatic carbocycles. The number of amides is 1. The lowest BCUT2D eigenvalue weighted by Crippen LogP contribution is -2.46. The molecule has 0 spiro atoms. The SMILES string of the molecule is CCOC(=O)C1(C(=O)N2CCCC(CCC(=O)O)C2)CC1. The van der Waals surface area contributed by atoms with E-state index in [0.717, 1.165) is 12.8 Å². The molecule has 1 aliphatic heterocycles. The Bertz CT molecular complexity index is 430. The van der Waals surface area contributed by atoms with Gasteiger partial charge >= 0.3 is 11.9 Å². The Labute approximate surface area is 124 Å². The van der Waals surface area contributed by atoms with Crippen LogP contribution in [0.2, 0.25) is 0 Å². The van der Waals surface area contributed by atoms with Crippen LogP contribution >= 0.6 is 0 Å². The van der Waals surface area contributed by atoms with Crippen LogP contribution in [0, 0.1) is 11.3 Å². The maximum Gasteiger partial charge on any atom is 0.321 e. The zero-order valence-corrected chi connectivity index (χ0v) is 12.5. The van der Waals surface area contributed by atoms with Crippen molar-refractivity contribution in [3.8, 4) is 0 Å². The highest BCUT2D eigenvalue weighted by Gasteiger charge is 2.59. The monoisotopic (exact) mass is 297 g/mol. The summed E-state index contributed by atoms with van der Waals surface area (Å²) in [6.07, 6.45) is 3.68. The number of rotatable bonds is 6. The molecule has 1 N–H and O–H groups in total. The van der Waals surface area contributed by atoms with Gasteiger partial charge < -0.3 is 14.7 Å². The third-order valence-electron chi connectivity index (χ3n) is 4.40. The first kappa shape index (κ1) is 15.8. The Hall–Kier alpha value is -1.59. The third kappa shape index (κ3) is 3.54. The Morgan fingerprint density at radius 1 is 1.33 bits per heavy atom. The number of ether oxygens (including phenoxy) is 1. The minimum atomic E-state index is -0.940. The molecule has 2 aliphatic rings. The van der Waals surface area contributed by atoms with E-state index in [4.69, 9.17) is 9.84 Å². The number of likely N-dealkylation sites (tertiary alicyclic amines) is 1. The number of carboxylic acids is 1. The molecule has 2 rings (SSSR count). The highest BCUT2D eigenvalue weighted by molar-refractivity contribution is 6.05. The van der Waals surface area contributed by atoms with Crippen LogP contribution in [0.3, 0.4) is 0 Å². The van der Waals surface area contributed by atoms with Crippen molar-refractivity contribution >= 4 is 17.8 Å². The van der Waals surface area contributed by atoms with Crippen molar-refractivity contribution in [1.29, 1.82) is 0 Å². The lowest BCUT2D eigenvalue weighted by molar-refractivity contribution is -0.158. The summed E-state index contributed by atoms with van der Waals surface area (Å²) in [4.78, 5) is 36.9. The molecule has 118 valence electrons. The number of hydrogen-bond acceptors (Lipinski definition) is 4. The zero-order valence-electron chi connectivity index (χ0n) is 12.5. The predicted molar refractivity (Wildman–Crippen MR) is 74.5 cm³/mol. The second kappa shape index (κ2) is 6.45. The van der Waals surface area contributed by atoms with Crippen LogP contribution in [0.15, 0.2) is 0 Å². The first-order chi connectivity index (χ1) is 9.99. The van der Waals surface area contributed by atoms with Gasteiger partial charge in [-0.05, 0) is 44.9 Å². The summed E-state index contributed by atoms with van der Waals surface area (Å²) in [5.74, 6) is -1.11. The van der Waals surface area contributed by atoms with Gasteiger partial charge in [-0.2, -0.15) is 0 Å². The molecule has 1 amide bonds. The van der Waals surface area contributed by atoms with E-state index in [-0.39, 0.29) is 24.9 Å². The van der Waals surface area contributed by atoms with Crippen LogP contribution in [0.5, 0.6) is 0 Å². The number of piperidine rings is 1. The molecule has 0 bridgehead atoms. The molecule has 1 saturated carbocycles.